The highest BCUT2D eigenvalue weighted by molar-refractivity contribution is 5.73. The van der Waals surface area contributed by atoms with E-state index in [4.69, 9.17) is 9.47 Å². The van der Waals surface area contributed by atoms with Crippen molar-refractivity contribution in [3.63, 3.8) is 0 Å². The fourth-order valence-corrected chi connectivity index (χ4v) is 2.26. The average molecular weight is 264 g/mol. The first-order valence-corrected chi connectivity index (χ1v) is 6.30. The fourth-order valence-electron chi connectivity index (χ4n) is 2.26. The van der Waals surface area contributed by atoms with Gasteiger partial charge in [0.2, 0.25) is 6.79 Å². The molecule has 5 heteroatoms. The van der Waals surface area contributed by atoms with E-state index in [-0.39, 0.29) is 18.2 Å². The Morgan fingerprint density at radius 3 is 2.58 bits per heavy atom. The van der Waals surface area contributed by atoms with Gasteiger partial charge in [-0.15, -0.1) is 0 Å². The number of hydrogen-bond acceptors (Lipinski definition) is 3. The number of amides is 2. The van der Waals surface area contributed by atoms with E-state index in [0.717, 1.165) is 22.6 Å². The zero-order valence-electron chi connectivity index (χ0n) is 11.8. The first-order chi connectivity index (χ1) is 8.94. The highest BCUT2D eigenvalue weighted by atomic mass is 16.7. The lowest BCUT2D eigenvalue weighted by molar-refractivity contribution is 0.174. The molecule has 0 fully saturated rings. The molecule has 0 spiro atoms. The maximum atomic E-state index is 11.3. The quantitative estimate of drug-likeness (QED) is 0.877. The van der Waals surface area contributed by atoms with Crippen LogP contribution in [0.5, 0.6) is 11.5 Å². The Morgan fingerprint density at radius 2 is 1.95 bits per heavy atom. The number of nitrogens with one attached hydrogen (secondary N) is 2. The highest BCUT2D eigenvalue weighted by Crippen LogP contribution is 2.38. The Bertz CT molecular complexity index is 498. The lowest BCUT2D eigenvalue weighted by atomic mass is 9.81. The topological polar surface area (TPSA) is 59.6 Å². The Labute approximate surface area is 113 Å². The molecule has 5 nitrogen and oxygen atoms in total. The minimum Gasteiger partial charge on any atom is -0.454 e. The van der Waals surface area contributed by atoms with Gasteiger partial charge < -0.3 is 20.1 Å². The van der Waals surface area contributed by atoms with Crippen molar-refractivity contribution >= 4 is 6.03 Å². The van der Waals surface area contributed by atoms with E-state index in [9.17, 15) is 4.79 Å². The number of hydrogen-bond donors (Lipinski definition) is 2. The Hall–Kier alpha value is -1.91. The van der Waals surface area contributed by atoms with E-state index in [0.29, 0.717) is 6.54 Å². The first-order valence-electron chi connectivity index (χ1n) is 6.30. The van der Waals surface area contributed by atoms with Crippen molar-refractivity contribution in [2.45, 2.75) is 26.2 Å². The van der Waals surface area contributed by atoms with Gasteiger partial charge in [-0.3, -0.25) is 0 Å². The molecular weight excluding hydrogens is 244 g/mol. The molecule has 1 aliphatic rings. The summed E-state index contributed by atoms with van der Waals surface area (Å²) in [6.45, 7) is 7.04. The van der Waals surface area contributed by atoms with Crippen LogP contribution in [0.4, 0.5) is 4.79 Å². The van der Waals surface area contributed by atoms with Gasteiger partial charge in [0.25, 0.3) is 0 Å². The summed E-state index contributed by atoms with van der Waals surface area (Å²) in [5.41, 5.74) is 2.10. The summed E-state index contributed by atoms with van der Waals surface area (Å²) < 4.78 is 10.8. The van der Waals surface area contributed by atoms with Gasteiger partial charge in [0.1, 0.15) is 0 Å². The molecule has 1 aliphatic heterocycles. The fraction of sp³-hybridized carbons (Fsp3) is 0.500. The minimum atomic E-state index is -0.183. The third-order valence-corrected chi connectivity index (χ3v) is 3.37. The molecule has 1 heterocycles. The van der Waals surface area contributed by atoms with E-state index in [2.05, 4.69) is 24.5 Å². The van der Waals surface area contributed by atoms with Crippen LogP contribution in [-0.4, -0.2) is 26.4 Å². The van der Waals surface area contributed by atoms with Crippen LogP contribution in [0.3, 0.4) is 0 Å². The van der Waals surface area contributed by atoms with Gasteiger partial charge in [0.05, 0.1) is 0 Å². The Morgan fingerprint density at radius 1 is 1.32 bits per heavy atom. The number of carbonyl (C=O) groups is 1. The summed E-state index contributed by atoms with van der Waals surface area (Å²) in [4.78, 5) is 11.3. The average Bonchev–Trinajstić information content (AvgIpc) is 2.81. The number of benzene rings is 1. The molecule has 0 saturated carbocycles. The van der Waals surface area contributed by atoms with E-state index in [1.54, 1.807) is 7.05 Å². The number of urea groups is 1. The van der Waals surface area contributed by atoms with Gasteiger partial charge in [-0.1, -0.05) is 13.8 Å². The summed E-state index contributed by atoms with van der Waals surface area (Å²) in [5, 5.41) is 5.39. The highest BCUT2D eigenvalue weighted by Gasteiger charge is 2.26. The van der Waals surface area contributed by atoms with Crippen LogP contribution in [-0.2, 0) is 5.41 Å². The van der Waals surface area contributed by atoms with Crippen LogP contribution in [0.2, 0.25) is 0 Å². The van der Waals surface area contributed by atoms with Crippen molar-refractivity contribution < 1.29 is 14.3 Å². The van der Waals surface area contributed by atoms with Crippen LogP contribution in [0.25, 0.3) is 0 Å². The van der Waals surface area contributed by atoms with Crippen LogP contribution < -0.4 is 20.1 Å². The summed E-state index contributed by atoms with van der Waals surface area (Å²) in [5.74, 6) is 1.56. The van der Waals surface area contributed by atoms with Gasteiger partial charge in [0.15, 0.2) is 11.5 Å². The molecule has 0 bridgehead atoms. The van der Waals surface area contributed by atoms with Crippen molar-refractivity contribution in [3.8, 4) is 11.5 Å². The molecule has 0 radical (unpaired) electrons. The Balaban J connectivity index is 2.22. The smallest absolute Gasteiger partial charge is 0.314 e. The molecular formula is C14H20N2O3. The van der Waals surface area contributed by atoms with Gasteiger partial charge in [-0.2, -0.15) is 0 Å². The van der Waals surface area contributed by atoms with Crippen molar-refractivity contribution in [1.82, 2.24) is 10.6 Å². The van der Waals surface area contributed by atoms with E-state index in [1.807, 2.05) is 19.1 Å². The number of rotatable bonds is 3. The summed E-state index contributed by atoms with van der Waals surface area (Å²) in [6.07, 6.45) is 0. The molecule has 0 saturated heterocycles. The molecule has 0 aromatic heterocycles. The molecule has 0 aliphatic carbocycles. The van der Waals surface area contributed by atoms with Crippen molar-refractivity contribution in [3.05, 3.63) is 23.3 Å². The maximum absolute atomic E-state index is 11.3. The zero-order valence-corrected chi connectivity index (χ0v) is 11.8. The Kier molecular flexibility index (Phi) is 3.55. The maximum Gasteiger partial charge on any atom is 0.314 e. The van der Waals surface area contributed by atoms with Crippen LogP contribution >= 0.6 is 0 Å². The van der Waals surface area contributed by atoms with E-state index in [1.165, 1.54) is 0 Å². The van der Waals surface area contributed by atoms with Gasteiger partial charge in [0, 0.05) is 19.0 Å². The van der Waals surface area contributed by atoms with E-state index < -0.39 is 0 Å². The normalized spacial score (nSPS) is 13.3. The molecule has 0 unspecified atom stereocenters. The minimum absolute atomic E-state index is 0.175. The van der Waals surface area contributed by atoms with Gasteiger partial charge in [-0.05, 0) is 30.2 Å². The van der Waals surface area contributed by atoms with Crippen LogP contribution in [0, 0.1) is 6.92 Å². The van der Waals surface area contributed by atoms with Crippen LogP contribution in [0.15, 0.2) is 12.1 Å². The number of ether oxygens (including phenoxy) is 2. The zero-order chi connectivity index (χ0) is 14.0. The number of carbonyl (C=O) groups excluding carboxylic acids is 1. The predicted octanol–water partition coefficient (Wildman–Crippen LogP) is 1.93. The van der Waals surface area contributed by atoms with Crippen LogP contribution in [0.1, 0.15) is 25.0 Å². The van der Waals surface area contributed by atoms with Crippen molar-refractivity contribution in [2.24, 2.45) is 0 Å². The predicted molar refractivity (Wildman–Crippen MR) is 72.8 cm³/mol. The summed E-state index contributed by atoms with van der Waals surface area (Å²) in [6, 6.07) is 3.81. The summed E-state index contributed by atoms with van der Waals surface area (Å²) >= 11 is 0. The van der Waals surface area contributed by atoms with E-state index >= 15 is 0 Å². The second kappa shape index (κ2) is 4.99. The third-order valence-electron chi connectivity index (χ3n) is 3.37. The summed E-state index contributed by atoms with van der Waals surface area (Å²) in [7, 11) is 1.61. The molecule has 0 atom stereocenters. The molecule has 1 aromatic carbocycles. The SMILES string of the molecule is CNC(=O)NCC(C)(C)c1cc2c(cc1C)OCO2. The molecule has 19 heavy (non-hydrogen) atoms. The second-order valence-corrected chi connectivity index (χ2v) is 5.34. The molecule has 1 aromatic rings. The van der Waals surface area contributed by atoms with Crippen molar-refractivity contribution in [1.29, 1.82) is 0 Å². The monoisotopic (exact) mass is 264 g/mol. The van der Waals surface area contributed by atoms with Crippen molar-refractivity contribution in [2.75, 3.05) is 20.4 Å². The third kappa shape index (κ3) is 2.75. The molecule has 2 amide bonds. The number of aryl methyl sites for hydroxylation is 1. The lowest BCUT2D eigenvalue weighted by Gasteiger charge is -2.27. The van der Waals surface area contributed by atoms with Gasteiger partial charge in [-0.25, -0.2) is 4.79 Å². The standard InChI is InChI=1S/C14H20N2O3/c1-9-5-11-12(19-8-18-11)6-10(9)14(2,3)7-16-13(17)15-4/h5-6H,7-8H2,1-4H3,(H2,15,16,17). The second-order valence-electron chi connectivity index (χ2n) is 5.34. The first kappa shape index (κ1) is 13.5. The molecule has 104 valence electrons. The molecule has 2 rings (SSSR count). The number of fused-ring (bicyclic) bond motifs is 1. The lowest BCUT2D eigenvalue weighted by Crippen LogP contribution is -2.41. The molecule has 2 N–H and O–H groups in total. The van der Waals surface area contributed by atoms with Gasteiger partial charge >= 0.3 is 6.03 Å². The largest absolute Gasteiger partial charge is 0.454 e.